The first-order valence-corrected chi connectivity index (χ1v) is 5.59. The summed E-state index contributed by atoms with van der Waals surface area (Å²) in [5.74, 6) is 0. The Hall–Kier alpha value is -0.800. The van der Waals surface area contributed by atoms with E-state index < -0.39 is 0 Å². The van der Waals surface area contributed by atoms with Crippen molar-refractivity contribution in [2.45, 2.75) is 19.9 Å². The number of nitrogens with zero attached hydrogens (tertiary/aromatic N) is 1. The molecule has 4 heteroatoms. The molecule has 0 aromatic carbocycles. The Morgan fingerprint density at radius 1 is 1.43 bits per heavy atom. The van der Waals surface area contributed by atoms with Gasteiger partial charge in [-0.15, -0.1) is 11.3 Å². The Balaban J connectivity index is 2.40. The first-order valence-electron chi connectivity index (χ1n) is 4.40. The average Bonchev–Trinajstić information content (AvgIpc) is 2.43. The standard InChI is InChI=1S/C10H11ClN2S/c1-6-9(10(11)7(2)14-6)8-3-4-12-5-13-8/h3-5,8H,1-2H3,(H,12,13). The van der Waals surface area contributed by atoms with Crippen LogP contribution in [0, 0.1) is 13.8 Å². The van der Waals surface area contributed by atoms with Crippen molar-refractivity contribution in [3.05, 3.63) is 32.6 Å². The molecular weight excluding hydrogens is 216 g/mol. The number of hydrogen-bond donors (Lipinski definition) is 1. The summed E-state index contributed by atoms with van der Waals surface area (Å²) in [7, 11) is 0. The molecule has 0 fully saturated rings. The van der Waals surface area contributed by atoms with Gasteiger partial charge in [-0.2, -0.15) is 0 Å². The summed E-state index contributed by atoms with van der Waals surface area (Å²) in [5.41, 5.74) is 1.18. The molecule has 1 unspecified atom stereocenters. The Kier molecular flexibility index (Phi) is 2.61. The van der Waals surface area contributed by atoms with E-state index in [1.54, 1.807) is 23.9 Å². The van der Waals surface area contributed by atoms with Crippen LogP contribution in [0.3, 0.4) is 0 Å². The Morgan fingerprint density at radius 2 is 2.21 bits per heavy atom. The number of nitrogens with one attached hydrogen (secondary N) is 1. The van der Waals surface area contributed by atoms with Gasteiger partial charge < -0.3 is 5.32 Å². The molecule has 0 saturated carbocycles. The number of aryl methyl sites for hydroxylation is 2. The molecule has 2 heterocycles. The first kappa shape index (κ1) is 9.74. The van der Waals surface area contributed by atoms with Gasteiger partial charge in [0.15, 0.2) is 0 Å². The fourth-order valence-electron chi connectivity index (χ4n) is 1.57. The highest BCUT2D eigenvalue weighted by molar-refractivity contribution is 7.12. The Bertz CT molecular complexity index is 406. The lowest BCUT2D eigenvalue weighted by Crippen LogP contribution is -2.20. The molecule has 1 atom stereocenters. The number of thiophene rings is 1. The topological polar surface area (TPSA) is 24.4 Å². The molecule has 2 rings (SSSR count). The fourth-order valence-corrected chi connectivity index (χ4v) is 3.00. The van der Waals surface area contributed by atoms with E-state index in [1.807, 2.05) is 13.0 Å². The lowest BCUT2D eigenvalue weighted by molar-refractivity contribution is 0.788. The molecule has 1 aliphatic rings. The van der Waals surface area contributed by atoms with E-state index in [0.717, 1.165) is 5.02 Å². The SMILES string of the molecule is Cc1sc(C)c(C2C=CN=CN2)c1Cl. The van der Waals surface area contributed by atoms with Gasteiger partial charge in [0.05, 0.1) is 17.4 Å². The molecule has 0 aliphatic carbocycles. The second-order valence-electron chi connectivity index (χ2n) is 3.21. The maximum Gasteiger partial charge on any atom is 0.0886 e. The molecule has 0 radical (unpaired) electrons. The van der Waals surface area contributed by atoms with E-state index in [2.05, 4.69) is 17.2 Å². The summed E-state index contributed by atoms with van der Waals surface area (Å²) in [6.45, 7) is 4.14. The normalized spacial score (nSPS) is 19.8. The maximum atomic E-state index is 6.24. The highest BCUT2D eigenvalue weighted by Gasteiger charge is 2.18. The van der Waals surface area contributed by atoms with Crippen molar-refractivity contribution >= 4 is 29.3 Å². The van der Waals surface area contributed by atoms with Crippen LogP contribution in [-0.4, -0.2) is 6.34 Å². The second-order valence-corrected chi connectivity index (χ2v) is 5.01. The van der Waals surface area contributed by atoms with Gasteiger partial charge in [0.2, 0.25) is 0 Å². The van der Waals surface area contributed by atoms with Crippen molar-refractivity contribution in [2.75, 3.05) is 0 Å². The van der Waals surface area contributed by atoms with E-state index in [9.17, 15) is 0 Å². The third-order valence-electron chi connectivity index (χ3n) is 2.24. The van der Waals surface area contributed by atoms with Crippen molar-refractivity contribution < 1.29 is 0 Å². The smallest absolute Gasteiger partial charge is 0.0886 e. The number of rotatable bonds is 1. The lowest BCUT2D eigenvalue weighted by atomic mass is 10.1. The fraction of sp³-hybridized carbons (Fsp3) is 0.300. The van der Waals surface area contributed by atoms with E-state index in [4.69, 9.17) is 11.6 Å². The van der Waals surface area contributed by atoms with Crippen molar-refractivity contribution in [3.63, 3.8) is 0 Å². The summed E-state index contributed by atoms with van der Waals surface area (Å²) in [5, 5.41) is 4.05. The third kappa shape index (κ3) is 1.57. The van der Waals surface area contributed by atoms with Crippen LogP contribution in [-0.2, 0) is 0 Å². The zero-order valence-corrected chi connectivity index (χ0v) is 9.62. The van der Waals surface area contributed by atoms with Crippen LogP contribution in [0.15, 0.2) is 17.3 Å². The van der Waals surface area contributed by atoms with Gasteiger partial charge in [0.25, 0.3) is 0 Å². The minimum absolute atomic E-state index is 0.171. The van der Waals surface area contributed by atoms with Gasteiger partial charge in [-0.05, 0) is 19.9 Å². The molecule has 0 saturated heterocycles. The molecule has 0 spiro atoms. The first-order chi connectivity index (χ1) is 6.70. The maximum absolute atomic E-state index is 6.24. The summed E-state index contributed by atoms with van der Waals surface area (Å²) in [6, 6.07) is 0.171. The number of aliphatic imine (C=N–C) groups is 1. The summed E-state index contributed by atoms with van der Waals surface area (Å²) in [6.07, 6.45) is 5.51. The van der Waals surface area contributed by atoms with E-state index in [1.165, 1.54) is 15.3 Å². The van der Waals surface area contributed by atoms with Gasteiger partial charge in [-0.1, -0.05) is 11.6 Å². The summed E-state index contributed by atoms with van der Waals surface area (Å²) in [4.78, 5) is 6.41. The van der Waals surface area contributed by atoms with Crippen molar-refractivity contribution in [1.29, 1.82) is 0 Å². The number of hydrogen-bond acceptors (Lipinski definition) is 3. The molecule has 1 N–H and O–H groups in total. The van der Waals surface area contributed by atoms with Crippen LogP contribution in [0.2, 0.25) is 5.02 Å². The molecule has 0 amide bonds. The van der Waals surface area contributed by atoms with Crippen molar-refractivity contribution in [1.82, 2.24) is 5.32 Å². The van der Waals surface area contributed by atoms with Crippen molar-refractivity contribution in [2.24, 2.45) is 4.99 Å². The van der Waals surface area contributed by atoms with Crippen LogP contribution in [0.5, 0.6) is 0 Å². The van der Waals surface area contributed by atoms with Gasteiger partial charge in [-0.3, -0.25) is 0 Å². The molecule has 14 heavy (non-hydrogen) atoms. The van der Waals surface area contributed by atoms with Crippen LogP contribution < -0.4 is 5.32 Å². The highest BCUT2D eigenvalue weighted by atomic mass is 35.5. The molecule has 0 bridgehead atoms. The molecule has 74 valence electrons. The highest BCUT2D eigenvalue weighted by Crippen LogP contribution is 2.36. The largest absolute Gasteiger partial charge is 0.366 e. The summed E-state index contributed by atoms with van der Waals surface area (Å²) < 4.78 is 0. The quantitative estimate of drug-likeness (QED) is 0.782. The summed E-state index contributed by atoms with van der Waals surface area (Å²) >= 11 is 7.98. The molecule has 1 aromatic rings. The predicted octanol–water partition coefficient (Wildman–Crippen LogP) is 3.20. The van der Waals surface area contributed by atoms with Gasteiger partial charge >= 0.3 is 0 Å². The van der Waals surface area contributed by atoms with Crippen LogP contribution in [0.25, 0.3) is 0 Å². The van der Waals surface area contributed by atoms with Crippen molar-refractivity contribution in [3.8, 4) is 0 Å². The van der Waals surface area contributed by atoms with E-state index in [0.29, 0.717) is 0 Å². The van der Waals surface area contributed by atoms with E-state index >= 15 is 0 Å². The Labute approximate surface area is 92.3 Å². The monoisotopic (exact) mass is 226 g/mol. The van der Waals surface area contributed by atoms with Gasteiger partial charge in [0.1, 0.15) is 0 Å². The second kappa shape index (κ2) is 3.75. The van der Waals surface area contributed by atoms with Crippen LogP contribution >= 0.6 is 22.9 Å². The minimum Gasteiger partial charge on any atom is -0.366 e. The molecule has 1 aliphatic heterocycles. The Morgan fingerprint density at radius 3 is 2.71 bits per heavy atom. The van der Waals surface area contributed by atoms with Crippen LogP contribution in [0.4, 0.5) is 0 Å². The molecular formula is C10H11ClN2S. The lowest BCUT2D eigenvalue weighted by Gasteiger charge is -2.15. The van der Waals surface area contributed by atoms with Gasteiger partial charge in [-0.25, -0.2) is 4.99 Å². The average molecular weight is 227 g/mol. The molecule has 2 nitrogen and oxygen atoms in total. The predicted molar refractivity (Wildman–Crippen MR) is 62.3 cm³/mol. The molecule has 1 aromatic heterocycles. The third-order valence-corrected chi connectivity index (χ3v) is 3.87. The van der Waals surface area contributed by atoms with E-state index in [-0.39, 0.29) is 6.04 Å². The van der Waals surface area contributed by atoms with Crippen LogP contribution in [0.1, 0.15) is 21.4 Å². The zero-order chi connectivity index (χ0) is 10.1. The number of halogens is 1. The minimum atomic E-state index is 0.171. The zero-order valence-electron chi connectivity index (χ0n) is 8.04. The van der Waals surface area contributed by atoms with Gasteiger partial charge in [0, 0.05) is 21.5 Å².